The number of carbonyl (C=O) groups is 2. The molecule has 0 atom stereocenters. The van der Waals surface area contributed by atoms with Crippen molar-refractivity contribution in [3.63, 3.8) is 0 Å². The van der Waals surface area contributed by atoms with Gasteiger partial charge in [0.05, 0.1) is 18.5 Å². The maximum atomic E-state index is 12.8. The van der Waals surface area contributed by atoms with Gasteiger partial charge in [-0.15, -0.1) is 0 Å². The van der Waals surface area contributed by atoms with E-state index in [9.17, 15) is 9.59 Å². The van der Waals surface area contributed by atoms with E-state index in [0.717, 1.165) is 16.9 Å². The van der Waals surface area contributed by atoms with Gasteiger partial charge >= 0.3 is 5.97 Å². The van der Waals surface area contributed by atoms with Crippen molar-refractivity contribution in [2.45, 2.75) is 0 Å². The van der Waals surface area contributed by atoms with Gasteiger partial charge in [-0.05, 0) is 36.4 Å². The normalized spacial score (nSPS) is 10.4. The molecule has 1 aromatic heterocycles. The van der Waals surface area contributed by atoms with E-state index in [-0.39, 0.29) is 11.4 Å². The second-order valence-corrected chi connectivity index (χ2v) is 6.45. The monoisotopic (exact) mass is 398 g/mol. The third-order valence-electron chi connectivity index (χ3n) is 4.52. The minimum absolute atomic E-state index is 0.152. The van der Waals surface area contributed by atoms with E-state index < -0.39 is 5.97 Å². The Balaban J connectivity index is 1.72. The Morgan fingerprint density at radius 2 is 1.60 bits per heavy atom. The number of rotatable bonds is 6. The van der Waals surface area contributed by atoms with Crippen LogP contribution in [-0.4, -0.2) is 29.1 Å². The highest BCUT2D eigenvalue weighted by Crippen LogP contribution is 2.29. The first-order valence-electron chi connectivity index (χ1n) is 9.26. The van der Waals surface area contributed by atoms with Gasteiger partial charge in [-0.3, -0.25) is 4.79 Å². The van der Waals surface area contributed by atoms with Crippen LogP contribution in [-0.2, 0) is 0 Å². The van der Waals surface area contributed by atoms with Crippen LogP contribution in [0.5, 0.6) is 11.5 Å². The molecule has 0 saturated carbocycles. The number of benzene rings is 3. The van der Waals surface area contributed by atoms with Crippen molar-refractivity contribution >= 4 is 12.3 Å². The van der Waals surface area contributed by atoms with Gasteiger partial charge in [-0.2, -0.15) is 5.10 Å². The molecule has 4 rings (SSSR count). The third kappa shape index (κ3) is 3.84. The van der Waals surface area contributed by atoms with Gasteiger partial charge in [0.1, 0.15) is 6.29 Å². The van der Waals surface area contributed by atoms with Crippen molar-refractivity contribution < 1.29 is 19.1 Å². The number of aromatic nitrogens is 2. The minimum atomic E-state index is -0.626. The Morgan fingerprint density at radius 1 is 0.900 bits per heavy atom. The Kier molecular flexibility index (Phi) is 5.39. The lowest BCUT2D eigenvalue weighted by atomic mass is 10.1. The predicted octanol–water partition coefficient (Wildman–Crippen LogP) is 4.58. The molecule has 4 aromatic rings. The number of aldehydes is 1. The van der Waals surface area contributed by atoms with Gasteiger partial charge in [0.25, 0.3) is 0 Å². The molecule has 3 aromatic carbocycles. The average molecular weight is 398 g/mol. The summed E-state index contributed by atoms with van der Waals surface area (Å²) in [4.78, 5) is 23.8. The van der Waals surface area contributed by atoms with Crippen molar-refractivity contribution in [1.82, 2.24) is 9.78 Å². The first kappa shape index (κ1) is 19.1. The molecule has 0 saturated heterocycles. The fraction of sp³-hybridized carbons (Fsp3) is 0.0417. The molecule has 0 spiro atoms. The predicted molar refractivity (Wildman–Crippen MR) is 112 cm³/mol. The van der Waals surface area contributed by atoms with Crippen LogP contribution in [0.2, 0.25) is 0 Å². The minimum Gasteiger partial charge on any atom is -0.493 e. The molecule has 0 aliphatic carbocycles. The number of carbonyl (C=O) groups excluding carboxylic acids is 2. The fourth-order valence-electron chi connectivity index (χ4n) is 3.06. The molecule has 6 heteroatoms. The molecule has 0 amide bonds. The quantitative estimate of drug-likeness (QED) is 0.270. The molecule has 0 aliphatic heterocycles. The highest BCUT2D eigenvalue weighted by atomic mass is 16.6. The second kappa shape index (κ2) is 8.45. The Hall–Kier alpha value is -4.19. The summed E-state index contributed by atoms with van der Waals surface area (Å²) in [5.41, 5.74) is 3.08. The first-order chi connectivity index (χ1) is 14.7. The van der Waals surface area contributed by atoms with E-state index in [4.69, 9.17) is 9.47 Å². The number of methoxy groups -OCH3 is 1. The summed E-state index contributed by atoms with van der Waals surface area (Å²) in [6.45, 7) is 0. The van der Waals surface area contributed by atoms with Crippen LogP contribution in [0.4, 0.5) is 0 Å². The van der Waals surface area contributed by atoms with Gasteiger partial charge in [0.15, 0.2) is 17.2 Å². The van der Waals surface area contributed by atoms with E-state index in [1.807, 2.05) is 60.7 Å². The number of nitrogens with zero attached hydrogens (tertiary/aromatic N) is 2. The van der Waals surface area contributed by atoms with E-state index >= 15 is 0 Å². The molecule has 0 aliphatic rings. The number of hydrogen-bond donors (Lipinski definition) is 0. The van der Waals surface area contributed by atoms with Crippen molar-refractivity contribution in [2.75, 3.05) is 7.11 Å². The van der Waals surface area contributed by atoms with Crippen LogP contribution in [0.25, 0.3) is 16.9 Å². The van der Waals surface area contributed by atoms with Crippen LogP contribution < -0.4 is 9.47 Å². The zero-order valence-electron chi connectivity index (χ0n) is 16.2. The molecule has 6 nitrogen and oxygen atoms in total. The largest absolute Gasteiger partial charge is 0.493 e. The average Bonchev–Trinajstić information content (AvgIpc) is 3.26. The lowest BCUT2D eigenvalue weighted by molar-refractivity contribution is 0.0723. The Morgan fingerprint density at radius 3 is 2.27 bits per heavy atom. The molecule has 0 fully saturated rings. The second-order valence-electron chi connectivity index (χ2n) is 6.45. The van der Waals surface area contributed by atoms with Gasteiger partial charge in [-0.25, -0.2) is 9.48 Å². The maximum absolute atomic E-state index is 12.8. The number of esters is 1. The van der Waals surface area contributed by atoms with Crippen LogP contribution in [0.15, 0.2) is 84.9 Å². The lowest BCUT2D eigenvalue weighted by Gasteiger charge is -2.08. The van der Waals surface area contributed by atoms with Crippen LogP contribution in [0.1, 0.15) is 20.8 Å². The number of hydrogen-bond acceptors (Lipinski definition) is 5. The molecule has 30 heavy (non-hydrogen) atoms. The van der Waals surface area contributed by atoms with E-state index in [0.29, 0.717) is 17.6 Å². The maximum Gasteiger partial charge on any atom is 0.364 e. The van der Waals surface area contributed by atoms with Crippen molar-refractivity contribution in [3.05, 3.63) is 96.2 Å². The number of ether oxygens (including phenoxy) is 2. The summed E-state index contributed by atoms with van der Waals surface area (Å²) in [5.74, 6) is -0.124. The lowest BCUT2D eigenvalue weighted by Crippen LogP contribution is -2.11. The smallest absolute Gasteiger partial charge is 0.364 e. The SMILES string of the molecule is COc1cc(C=O)ccc1OC(=O)c1cc(-c2ccccc2)n(-c2ccccc2)n1. The zero-order valence-corrected chi connectivity index (χ0v) is 16.2. The highest BCUT2D eigenvalue weighted by molar-refractivity contribution is 5.91. The van der Waals surface area contributed by atoms with Gasteiger partial charge in [0.2, 0.25) is 0 Å². The molecule has 1 heterocycles. The van der Waals surface area contributed by atoms with Crippen molar-refractivity contribution in [1.29, 1.82) is 0 Å². The first-order valence-corrected chi connectivity index (χ1v) is 9.26. The molecule has 148 valence electrons. The van der Waals surface area contributed by atoms with Crippen LogP contribution in [0, 0.1) is 0 Å². The molecule has 0 bridgehead atoms. The molecule has 0 N–H and O–H groups in total. The summed E-state index contributed by atoms with van der Waals surface area (Å²) in [7, 11) is 1.44. The van der Waals surface area contributed by atoms with Crippen molar-refractivity contribution in [3.8, 4) is 28.4 Å². The third-order valence-corrected chi connectivity index (χ3v) is 4.52. The van der Waals surface area contributed by atoms with E-state index in [1.54, 1.807) is 16.8 Å². The summed E-state index contributed by atoms with van der Waals surface area (Å²) in [6, 6.07) is 25.5. The molecular weight excluding hydrogens is 380 g/mol. The molecule has 0 unspecified atom stereocenters. The van der Waals surface area contributed by atoms with Gasteiger partial charge < -0.3 is 9.47 Å². The summed E-state index contributed by atoms with van der Waals surface area (Å²) in [5, 5.41) is 4.49. The summed E-state index contributed by atoms with van der Waals surface area (Å²) in [6.07, 6.45) is 0.696. The topological polar surface area (TPSA) is 70.4 Å². The van der Waals surface area contributed by atoms with Crippen LogP contribution in [0.3, 0.4) is 0 Å². The summed E-state index contributed by atoms with van der Waals surface area (Å²) >= 11 is 0. The molecule has 0 radical (unpaired) electrons. The molecular formula is C24H18N2O4. The highest BCUT2D eigenvalue weighted by Gasteiger charge is 2.20. The van der Waals surface area contributed by atoms with Gasteiger partial charge in [-0.1, -0.05) is 48.5 Å². The Bertz CT molecular complexity index is 1130. The number of para-hydroxylation sites is 1. The van der Waals surface area contributed by atoms with Crippen molar-refractivity contribution in [2.24, 2.45) is 0 Å². The fourth-order valence-corrected chi connectivity index (χ4v) is 3.06. The van der Waals surface area contributed by atoms with Gasteiger partial charge in [0, 0.05) is 11.1 Å². The summed E-state index contributed by atoms with van der Waals surface area (Å²) < 4.78 is 12.4. The van der Waals surface area contributed by atoms with E-state index in [2.05, 4.69) is 5.10 Å². The zero-order chi connectivity index (χ0) is 20.9. The Labute approximate surface area is 173 Å². The van der Waals surface area contributed by atoms with Crippen LogP contribution >= 0.6 is 0 Å². The standard InChI is InChI=1S/C24H18N2O4/c1-29-23-14-17(16-27)12-13-22(23)30-24(28)20-15-21(18-8-4-2-5-9-18)26(25-20)19-10-6-3-7-11-19/h2-16H,1H3. The van der Waals surface area contributed by atoms with E-state index in [1.165, 1.54) is 19.2 Å².